The molecule has 1 unspecified atom stereocenters. The van der Waals surface area contributed by atoms with Crippen LogP contribution in [0.5, 0.6) is 0 Å². The van der Waals surface area contributed by atoms with Crippen LogP contribution in [0.15, 0.2) is 34.8 Å². The first-order chi connectivity index (χ1) is 8.97. The van der Waals surface area contributed by atoms with Crippen LogP contribution in [0, 0.1) is 5.92 Å². The van der Waals surface area contributed by atoms with Crippen LogP contribution < -0.4 is 5.32 Å². The van der Waals surface area contributed by atoms with E-state index in [1.165, 1.54) is 6.07 Å². The zero-order chi connectivity index (χ0) is 13.9. The summed E-state index contributed by atoms with van der Waals surface area (Å²) in [4.78, 5) is 0. The van der Waals surface area contributed by atoms with Gasteiger partial charge in [-0.2, -0.15) is 13.2 Å². The molecule has 0 fully saturated rings. The molecule has 1 aromatic carbocycles. The Labute approximate surface area is 119 Å². The van der Waals surface area contributed by atoms with E-state index < -0.39 is 11.7 Å². The average molecular weight is 334 g/mol. The number of nitrogens with one attached hydrogen (secondary N) is 1. The van der Waals surface area contributed by atoms with Crippen LogP contribution in [0.3, 0.4) is 0 Å². The lowest BCUT2D eigenvalue weighted by molar-refractivity contribution is -0.138. The van der Waals surface area contributed by atoms with Crippen LogP contribution in [0.4, 0.5) is 18.9 Å². The number of allylic oxidation sites excluding steroid dienone is 2. The highest BCUT2D eigenvalue weighted by molar-refractivity contribution is 9.10. The monoisotopic (exact) mass is 333 g/mol. The number of hydrogen-bond donors (Lipinski definition) is 1. The molecule has 0 amide bonds. The molecule has 0 aromatic heterocycles. The van der Waals surface area contributed by atoms with Crippen molar-refractivity contribution in [2.24, 2.45) is 5.92 Å². The Balaban J connectivity index is 2.03. The first kappa shape index (κ1) is 14.4. The lowest BCUT2D eigenvalue weighted by atomic mass is 9.94. The third-order valence-corrected chi connectivity index (χ3v) is 3.94. The fourth-order valence-corrected chi connectivity index (χ4v) is 2.63. The molecule has 1 atom stereocenters. The molecule has 1 aliphatic rings. The molecule has 0 radical (unpaired) electrons. The number of halogens is 4. The molecule has 104 valence electrons. The summed E-state index contributed by atoms with van der Waals surface area (Å²) >= 11 is 2.94. The third-order valence-electron chi connectivity index (χ3n) is 3.24. The summed E-state index contributed by atoms with van der Waals surface area (Å²) < 4.78 is 38.3. The molecule has 5 heteroatoms. The Morgan fingerprint density at radius 1 is 1.26 bits per heavy atom. The van der Waals surface area contributed by atoms with E-state index in [9.17, 15) is 13.2 Å². The molecule has 1 aromatic rings. The number of benzene rings is 1. The maximum Gasteiger partial charge on any atom is 0.417 e. The van der Waals surface area contributed by atoms with Crippen LogP contribution in [0.1, 0.15) is 24.8 Å². The van der Waals surface area contributed by atoms with Crippen molar-refractivity contribution in [3.8, 4) is 0 Å². The summed E-state index contributed by atoms with van der Waals surface area (Å²) in [6.07, 6.45) is 3.10. The highest BCUT2D eigenvalue weighted by atomic mass is 79.9. The topological polar surface area (TPSA) is 12.0 Å². The van der Waals surface area contributed by atoms with Gasteiger partial charge in [0, 0.05) is 16.7 Å². The molecule has 0 aliphatic heterocycles. The van der Waals surface area contributed by atoms with E-state index in [1.54, 1.807) is 6.07 Å². The van der Waals surface area contributed by atoms with Gasteiger partial charge >= 0.3 is 6.18 Å². The molecule has 1 N–H and O–H groups in total. The van der Waals surface area contributed by atoms with Gasteiger partial charge in [-0.05, 0) is 43.4 Å². The molecule has 0 heterocycles. The minimum Gasteiger partial charge on any atom is -0.385 e. The first-order valence-corrected chi connectivity index (χ1v) is 7.02. The Hall–Kier alpha value is -0.970. The first-order valence-electron chi connectivity index (χ1n) is 6.22. The molecule has 19 heavy (non-hydrogen) atoms. The summed E-state index contributed by atoms with van der Waals surface area (Å²) in [5.74, 6) is 0.503. The van der Waals surface area contributed by atoms with E-state index in [4.69, 9.17) is 0 Å². The quantitative estimate of drug-likeness (QED) is 0.746. The van der Waals surface area contributed by atoms with Crippen molar-refractivity contribution >= 4 is 21.6 Å². The Morgan fingerprint density at radius 2 is 2.05 bits per heavy atom. The van der Waals surface area contributed by atoms with Gasteiger partial charge in [0.15, 0.2) is 0 Å². The fourth-order valence-electron chi connectivity index (χ4n) is 2.16. The third kappa shape index (κ3) is 4.00. The van der Waals surface area contributed by atoms with Gasteiger partial charge in [-0.25, -0.2) is 0 Å². The Morgan fingerprint density at radius 3 is 2.68 bits per heavy atom. The smallest absolute Gasteiger partial charge is 0.385 e. The highest BCUT2D eigenvalue weighted by Crippen LogP contribution is 2.36. The molecular formula is C14H15BrF3N. The molecule has 0 bridgehead atoms. The molecular weight excluding hydrogens is 319 g/mol. The van der Waals surface area contributed by atoms with Crippen molar-refractivity contribution in [2.45, 2.75) is 25.4 Å². The summed E-state index contributed by atoms with van der Waals surface area (Å²) in [5.41, 5.74) is -0.119. The number of rotatable bonds is 3. The van der Waals surface area contributed by atoms with Crippen molar-refractivity contribution in [2.75, 3.05) is 11.9 Å². The van der Waals surface area contributed by atoms with Crippen LogP contribution in [0.25, 0.3) is 0 Å². The summed E-state index contributed by atoms with van der Waals surface area (Å²) in [6.45, 7) is 0.712. The normalized spacial score (nSPS) is 19.5. The standard InChI is InChI=1S/C14H15BrF3N/c15-13-7-6-11(8-12(13)14(16,17)18)19-9-10-4-2-1-3-5-10/h1-2,6-8,10,19H,3-5,9H2. The number of anilines is 1. The van der Waals surface area contributed by atoms with Gasteiger partial charge in [-0.1, -0.05) is 28.1 Å². The van der Waals surface area contributed by atoms with Crippen LogP contribution in [0.2, 0.25) is 0 Å². The second kappa shape index (κ2) is 5.99. The Kier molecular flexibility index (Phi) is 4.55. The minimum absolute atomic E-state index is 0.0751. The molecule has 0 saturated carbocycles. The van der Waals surface area contributed by atoms with Gasteiger partial charge in [-0.15, -0.1) is 0 Å². The predicted molar refractivity (Wildman–Crippen MR) is 74.1 cm³/mol. The van der Waals surface area contributed by atoms with Gasteiger partial charge in [0.05, 0.1) is 5.56 Å². The van der Waals surface area contributed by atoms with Crippen molar-refractivity contribution in [1.29, 1.82) is 0 Å². The fraction of sp³-hybridized carbons (Fsp3) is 0.429. The van der Waals surface area contributed by atoms with Gasteiger partial charge in [-0.3, -0.25) is 0 Å². The van der Waals surface area contributed by atoms with E-state index in [0.717, 1.165) is 25.3 Å². The van der Waals surface area contributed by atoms with Crippen molar-refractivity contribution in [1.82, 2.24) is 0 Å². The highest BCUT2D eigenvalue weighted by Gasteiger charge is 2.33. The zero-order valence-corrected chi connectivity index (χ0v) is 11.9. The maximum absolute atomic E-state index is 12.8. The second-order valence-electron chi connectivity index (χ2n) is 4.72. The van der Waals surface area contributed by atoms with Gasteiger partial charge in [0.25, 0.3) is 0 Å². The van der Waals surface area contributed by atoms with E-state index in [0.29, 0.717) is 18.2 Å². The largest absolute Gasteiger partial charge is 0.417 e. The molecule has 0 spiro atoms. The van der Waals surface area contributed by atoms with Crippen LogP contribution >= 0.6 is 15.9 Å². The molecule has 0 saturated heterocycles. The second-order valence-corrected chi connectivity index (χ2v) is 5.58. The zero-order valence-electron chi connectivity index (χ0n) is 10.3. The molecule has 2 rings (SSSR count). The van der Waals surface area contributed by atoms with Crippen molar-refractivity contribution in [3.63, 3.8) is 0 Å². The summed E-state index contributed by atoms with van der Waals surface area (Å²) in [6, 6.07) is 4.26. The van der Waals surface area contributed by atoms with E-state index in [2.05, 4.69) is 33.4 Å². The van der Waals surface area contributed by atoms with Crippen LogP contribution in [-0.2, 0) is 6.18 Å². The lowest BCUT2D eigenvalue weighted by Crippen LogP contribution is -2.16. The van der Waals surface area contributed by atoms with E-state index in [1.807, 2.05) is 0 Å². The average Bonchev–Trinajstić information content (AvgIpc) is 2.37. The molecule has 1 aliphatic carbocycles. The SMILES string of the molecule is FC(F)(F)c1cc(NCC2CC=CCC2)ccc1Br. The number of alkyl halides is 3. The number of hydrogen-bond acceptors (Lipinski definition) is 1. The van der Waals surface area contributed by atoms with Gasteiger partial charge in [0.1, 0.15) is 0 Å². The predicted octanol–water partition coefficient (Wildman–Crippen LogP) is 5.24. The Bertz CT molecular complexity index is 468. The lowest BCUT2D eigenvalue weighted by Gasteiger charge is -2.19. The van der Waals surface area contributed by atoms with Gasteiger partial charge in [0.2, 0.25) is 0 Å². The van der Waals surface area contributed by atoms with Crippen LogP contribution in [-0.4, -0.2) is 6.54 Å². The van der Waals surface area contributed by atoms with Crippen molar-refractivity contribution < 1.29 is 13.2 Å². The van der Waals surface area contributed by atoms with Crippen molar-refractivity contribution in [3.05, 3.63) is 40.4 Å². The maximum atomic E-state index is 12.8. The van der Waals surface area contributed by atoms with E-state index >= 15 is 0 Å². The van der Waals surface area contributed by atoms with E-state index in [-0.39, 0.29) is 4.47 Å². The van der Waals surface area contributed by atoms with Gasteiger partial charge < -0.3 is 5.32 Å². The molecule has 1 nitrogen and oxygen atoms in total. The summed E-state index contributed by atoms with van der Waals surface area (Å²) in [5, 5.41) is 3.10. The summed E-state index contributed by atoms with van der Waals surface area (Å²) in [7, 11) is 0. The minimum atomic E-state index is -4.33.